The van der Waals surface area contributed by atoms with Gasteiger partial charge in [0, 0.05) is 27.8 Å². The van der Waals surface area contributed by atoms with Crippen molar-refractivity contribution in [3.8, 4) is 45.7 Å². The molecule has 1 aromatic heterocycles. The molecule has 0 atom stereocenters. The van der Waals surface area contributed by atoms with Gasteiger partial charge < -0.3 is 4.74 Å². The zero-order valence-electron chi connectivity index (χ0n) is 26.9. The summed E-state index contributed by atoms with van der Waals surface area (Å²) in [5.41, 5.74) is 6.93. The van der Waals surface area contributed by atoms with Crippen LogP contribution in [0.1, 0.15) is 22.3 Å². The van der Waals surface area contributed by atoms with Gasteiger partial charge in [-0.2, -0.15) is 0 Å². The summed E-state index contributed by atoms with van der Waals surface area (Å²) in [6.45, 7) is 7.73. The molecule has 234 valence electrons. The molecule has 0 amide bonds. The van der Waals surface area contributed by atoms with Crippen molar-refractivity contribution in [2.45, 2.75) is 5.41 Å². The average molecular weight is 641 g/mol. The summed E-state index contributed by atoms with van der Waals surface area (Å²) in [6, 6.07) is 57.5. The van der Waals surface area contributed by atoms with E-state index in [2.05, 4.69) is 95.8 Å². The standard InChI is InChI=1S/C45H28N4O/c1-46-39-28-26-36(34-21-11-12-22-35(34)39)44-48-42(30-15-5-2-6-16-30)47-43(49-44)31-25-27-38-41(29-31)50-40-24-14-13-23-37(40)45(38,32-17-7-3-8-18-32)33-19-9-4-10-20-33/h2-29H. The molecular formula is C45H28N4O. The summed E-state index contributed by atoms with van der Waals surface area (Å²) >= 11 is 0. The van der Waals surface area contributed by atoms with Crippen molar-refractivity contribution >= 4 is 16.5 Å². The maximum absolute atomic E-state index is 7.73. The number of benzene rings is 7. The van der Waals surface area contributed by atoms with Crippen LogP contribution in [0.5, 0.6) is 11.5 Å². The van der Waals surface area contributed by atoms with Gasteiger partial charge in [-0.15, -0.1) is 0 Å². The number of para-hydroxylation sites is 1. The molecule has 0 bridgehead atoms. The Morgan fingerprint density at radius 3 is 1.72 bits per heavy atom. The number of nitrogens with zero attached hydrogens (tertiary/aromatic N) is 4. The average Bonchev–Trinajstić information content (AvgIpc) is 3.20. The minimum absolute atomic E-state index is 0.530. The molecule has 5 nitrogen and oxygen atoms in total. The Morgan fingerprint density at radius 2 is 1.02 bits per heavy atom. The summed E-state index contributed by atoms with van der Waals surface area (Å²) in [4.78, 5) is 18.9. The van der Waals surface area contributed by atoms with Crippen LogP contribution in [0.3, 0.4) is 0 Å². The highest BCUT2D eigenvalue weighted by molar-refractivity contribution is 6.03. The van der Waals surface area contributed by atoms with E-state index in [1.807, 2.05) is 78.9 Å². The zero-order valence-corrected chi connectivity index (χ0v) is 26.9. The quantitative estimate of drug-likeness (QED) is 0.176. The van der Waals surface area contributed by atoms with E-state index < -0.39 is 5.41 Å². The predicted octanol–water partition coefficient (Wildman–Crippen LogP) is 11.1. The monoisotopic (exact) mass is 640 g/mol. The second-order valence-corrected chi connectivity index (χ2v) is 12.3. The van der Waals surface area contributed by atoms with Crippen molar-refractivity contribution in [3.63, 3.8) is 0 Å². The lowest BCUT2D eigenvalue weighted by molar-refractivity contribution is 0.434. The molecule has 7 aromatic carbocycles. The molecule has 0 N–H and O–H groups in total. The Hall–Kier alpha value is -6.90. The summed E-state index contributed by atoms with van der Waals surface area (Å²) in [5.74, 6) is 3.17. The van der Waals surface area contributed by atoms with E-state index >= 15 is 0 Å². The van der Waals surface area contributed by atoms with Crippen molar-refractivity contribution in [1.29, 1.82) is 0 Å². The zero-order chi connectivity index (χ0) is 33.5. The van der Waals surface area contributed by atoms with Crippen LogP contribution >= 0.6 is 0 Å². The van der Waals surface area contributed by atoms with Gasteiger partial charge in [0.05, 0.1) is 12.0 Å². The van der Waals surface area contributed by atoms with Gasteiger partial charge in [-0.05, 0) is 34.0 Å². The van der Waals surface area contributed by atoms with Gasteiger partial charge in [-0.25, -0.2) is 19.8 Å². The molecule has 2 heterocycles. The Kier molecular flexibility index (Phi) is 7.00. The molecular weight excluding hydrogens is 613 g/mol. The number of aromatic nitrogens is 3. The first-order chi connectivity index (χ1) is 24.7. The van der Waals surface area contributed by atoms with E-state index in [1.54, 1.807) is 0 Å². The summed E-state index contributed by atoms with van der Waals surface area (Å²) in [5, 5.41) is 1.78. The molecule has 0 saturated carbocycles. The van der Waals surface area contributed by atoms with Crippen LogP contribution < -0.4 is 4.74 Å². The fourth-order valence-electron chi connectivity index (χ4n) is 7.27. The van der Waals surface area contributed by atoms with Gasteiger partial charge >= 0.3 is 0 Å². The van der Waals surface area contributed by atoms with E-state index in [1.165, 1.54) is 0 Å². The van der Waals surface area contributed by atoms with Crippen LogP contribution in [-0.2, 0) is 5.41 Å². The van der Waals surface area contributed by atoms with Crippen molar-refractivity contribution in [1.82, 2.24) is 15.0 Å². The minimum atomic E-state index is -0.617. The van der Waals surface area contributed by atoms with Crippen molar-refractivity contribution in [2.75, 3.05) is 0 Å². The van der Waals surface area contributed by atoms with E-state index in [0.29, 0.717) is 23.2 Å². The van der Waals surface area contributed by atoms with Gasteiger partial charge in [-0.1, -0.05) is 158 Å². The maximum Gasteiger partial charge on any atom is 0.194 e. The minimum Gasteiger partial charge on any atom is -0.457 e. The number of hydrogen-bond acceptors (Lipinski definition) is 4. The van der Waals surface area contributed by atoms with Crippen molar-refractivity contribution in [3.05, 3.63) is 204 Å². The van der Waals surface area contributed by atoms with Crippen LogP contribution in [0.2, 0.25) is 0 Å². The SMILES string of the molecule is [C-]#[N+]c1ccc(-c2nc(-c3ccccc3)nc(-c3ccc4c(c3)Oc3ccccc3C4(c3ccccc3)c3ccccc3)n2)c2ccccc12. The molecule has 0 radical (unpaired) electrons. The Morgan fingerprint density at radius 1 is 0.460 bits per heavy atom. The van der Waals surface area contributed by atoms with Crippen molar-refractivity contribution in [2.24, 2.45) is 0 Å². The molecule has 0 saturated heterocycles. The summed E-state index contributed by atoms with van der Waals surface area (Å²) in [7, 11) is 0. The predicted molar refractivity (Wildman–Crippen MR) is 198 cm³/mol. The lowest BCUT2D eigenvalue weighted by Crippen LogP contribution is -2.34. The first-order valence-corrected chi connectivity index (χ1v) is 16.5. The fraction of sp³-hybridized carbons (Fsp3) is 0.0222. The molecule has 0 fully saturated rings. The fourth-order valence-corrected chi connectivity index (χ4v) is 7.27. The van der Waals surface area contributed by atoms with Crippen LogP contribution in [0.25, 0.3) is 49.8 Å². The number of ether oxygens (including phenoxy) is 1. The lowest BCUT2D eigenvalue weighted by Gasteiger charge is -2.41. The molecule has 9 rings (SSSR count). The molecule has 50 heavy (non-hydrogen) atoms. The first-order valence-electron chi connectivity index (χ1n) is 16.5. The molecule has 8 aromatic rings. The van der Waals surface area contributed by atoms with Gasteiger partial charge in [0.1, 0.15) is 11.5 Å². The van der Waals surface area contributed by atoms with Gasteiger partial charge in [-0.3, -0.25) is 0 Å². The Labute approximate surface area is 290 Å². The van der Waals surface area contributed by atoms with Crippen LogP contribution in [0, 0.1) is 6.57 Å². The van der Waals surface area contributed by atoms with E-state index in [9.17, 15) is 0 Å². The molecule has 1 aliphatic heterocycles. The Balaban J connectivity index is 1.28. The molecule has 0 spiro atoms. The molecule has 1 aliphatic rings. The van der Waals surface area contributed by atoms with E-state index in [-0.39, 0.29) is 0 Å². The largest absolute Gasteiger partial charge is 0.457 e. The highest BCUT2D eigenvalue weighted by Gasteiger charge is 2.45. The molecule has 0 unspecified atom stereocenters. The number of fused-ring (bicyclic) bond motifs is 3. The molecule has 0 aliphatic carbocycles. The summed E-state index contributed by atoms with van der Waals surface area (Å²) in [6.07, 6.45) is 0. The van der Waals surface area contributed by atoms with E-state index in [4.69, 9.17) is 26.3 Å². The molecule has 5 heteroatoms. The van der Waals surface area contributed by atoms with Crippen LogP contribution in [0.15, 0.2) is 170 Å². The van der Waals surface area contributed by atoms with Gasteiger partial charge in [0.2, 0.25) is 0 Å². The van der Waals surface area contributed by atoms with Crippen LogP contribution in [0.4, 0.5) is 5.69 Å². The summed E-state index contributed by atoms with van der Waals surface area (Å²) < 4.78 is 6.75. The third-order valence-corrected chi connectivity index (χ3v) is 9.50. The van der Waals surface area contributed by atoms with Crippen LogP contribution in [-0.4, -0.2) is 15.0 Å². The van der Waals surface area contributed by atoms with Gasteiger partial charge in [0.15, 0.2) is 23.2 Å². The third kappa shape index (κ3) is 4.66. The second-order valence-electron chi connectivity index (χ2n) is 12.3. The van der Waals surface area contributed by atoms with Crippen molar-refractivity contribution < 1.29 is 4.74 Å². The highest BCUT2D eigenvalue weighted by Crippen LogP contribution is 2.55. The second kappa shape index (κ2) is 12.0. The third-order valence-electron chi connectivity index (χ3n) is 9.50. The number of rotatable bonds is 5. The number of hydrogen-bond donors (Lipinski definition) is 0. The topological polar surface area (TPSA) is 52.3 Å². The lowest BCUT2D eigenvalue weighted by atomic mass is 9.63. The highest BCUT2D eigenvalue weighted by atomic mass is 16.5. The Bertz CT molecular complexity index is 2540. The maximum atomic E-state index is 7.73. The van der Waals surface area contributed by atoms with Gasteiger partial charge in [0.25, 0.3) is 0 Å². The normalized spacial score (nSPS) is 12.7. The van der Waals surface area contributed by atoms with E-state index in [0.717, 1.165) is 61.2 Å². The first kappa shape index (κ1) is 29.3. The smallest absolute Gasteiger partial charge is 0.194 e.